The molecule has 0 bridgehead atoms. The van der Waals surface area contributed by atoms with Gasteiger partial charge in [0.25, 0.3) is 0 Å². The highest BCUT2D eigenvalue weighted by Gasteiger charge is 2.09. The van der Waals surface area contributed by atoms with Gasteiger partial charge in [0, 0.05) is 11.1 Å². The zero-order chi connectivity index (χ0) is 12.3. The monoisotopic (exact) mass is 259 g/mol. The van der Waals surface area contributed by atoms with E-state index in [2.05, 4.69) is 26.1 Å². The summed E-state index contributed by atoms with van der Waals surface area (Å²) in [6, 6.07) is 4.20. The quantitative estimate of drug-likeness (QED) is 0.789. The van der Waals surface area contributed by atoms with Crippen molar-refractivity contribution in [3.63, 3.8) is 0 Å². The van der Waals surface area contributed by atoms with E-state index < -0.39 is 0 Å². The average Bonchev–Trinajstić information content (AvgIpc) is 2.12. The van der Waals surface area contributed by atoms with E-state index in [0.29, 0.717) is 12.0 Å². The molecule has 0 aliphatic carbocycles. The van der Waals surface area contributed by atoms with Gasteiger partial charge in [-0.15, -0.1) is 0 Å². The van der Waals surface area contributed by atoms with Gasteiger partial charge in [0.1, 0.15) is 0 Å². The van der Waals surface area contributed by atoms with Gasteiger partial charge in [-0.3, -0.25) is 0 Å². The van der Waals surface area contributed by atoms with Crippen LogP contribution in [0.15, 0.2) is 12.1 Å². The van der Waals surface area contributed by atoms with Crippen LogP contribution in [0.25, 0.3) is 0 Å². The maximum absolute atomic E-state index is 6.16. The van der Waals surface area contributed by atoms with Gasteiger partial charge in [0.2, 0.25) is 0 Å². The van der Waals surface area contributed by atoms with Crippen LogP contribution in [0.5, 0.6) is 0 Å². The lowest BCUT2D eigenvalue weighted by molar-refractivity contribution is 0.540. The number of rotatable bonds is 4. The highest BCUT2D eigenvalue weighted by Crippen LogP contribution is 2.29. The predicted octanol–water partition coefficient (Wildman–Crippen LogP) is 5.15. The molecule has 1 aromatic carbocycles. The summed E-state index contributed by atoms with van der Waals surface area (Å²) < 4.78 is 0. The van der Waals surface area contributed by atoms with Gasteiger partial charge in [0.05, 0.1) is 10.7 Å². The molecule has 0 radical (unpaired) electrons. The number of nitrogens with one attached hydrogen (secondary N) is 1. The summed E-state index contributed by atoms with van der Waals surface area (Å²) in [5, 5.41) is 4.88. The third kappa shape index (κ3) is 3.88. The van der Waals surface area contributed by atoms with Crippen LogP contribution >= 0.6 is 23.2 Å². The van der Waals surface area contributed by atoms with Crippen molar-refractivity contribution in [2.24, 2.45) is 5.92 Å². The molecule has 0 heterocycles. The molecule has 1 rings (SSSR count). The van der Waals surface area contributed by atoms with E-state index in [1.165, 1.54) is 0 Å². The van der Waals surface area contributed by atoms with Crippen molar-refractivity contribution in [3.05, 3.63) is 27.7 Å². The van der Waals surface area contributed by atoms with E-state index in [1.54, 1.807) is 0 Å². The zero-order valence-electron chi connectivity index (χ0n) is 10.3. The molecule has 90 valence electrons. The fourth-order valence-corrected chi connectivity index (χ4v) is 2.22. The summed E-state index contributed by atoms with van der Waals surface area (Å²) in [6.07, 6.45) is 1.11. The number of aryl methyl sites for hydroxylation is 1. The third-order valence-corrected chi connectivity index (χ3v) is 3.20. The molecule has 16 heavy (non-hydrogen) atoms. The largest absolute Gasteiger partial charge is 0.381 e. The van der Waals surface area contributed by atoms with Crippen LogP contribution in [0.3, 0.4) is 0 Å². The zero-order valence-corrected chi connectivity index (χ0v) is 11.8. The summed E-state index contributed by atoms with van der Waals surface area (Å²) in [5.41, 5.74) is 1.93. The second-order valence-corrected chi connectivity index (χ2v) is 5.57. The Morgan fingerprint density at radius 3 is 2.31 bits per heavy atom. The number of benzene rings is 1. The van der Waals surface area contributed by atoms with E-state index in [4.69, 9.17) is 23.2 Å². The Kier molecular flexibility index (Phi) is 4.94. The van der Waals surface area contributed by atoms with E-state index in [9.17, 15) is 0 Å². The number of hydrogen-bond acceptors (Lipinski definition) is 1. The Balaban J connectivity index is 2.77. The van der Waals surface area contributed by atoms with E-state index in [-0.39, 0.29) is 0 Å². The van der Waals surface area contributed by atoms with E-state index >= 15 is 0 Å². The van der Waals surface area contributed by atoms with Crippen molar-refractivity contribution >= 4 is 28.9 Å². The highest BCUT2D eigenvalue weighted by molar-refractivity contribution is 6.35. The normalized spacial score (nSPS) is 12.9. The van der Waals surface area contributed by atoms with Gasteiger partial charge >= 0.3 is 0 Å². The molecule has 0 saturated carbocycles. The van der Waals surface area contributed by atoms with Gasteiger partial charge < -0.3 is 5.32 Å². The third-order valence-electron chi connectivity index (χ3n) is 2.48. The fraction of sp³-hybridized carbons (Fsp3) is 0.538. The molecule has 0 aliphatic heterocycles. The van der Waals surface area contributed by atoms with Crippen molar-refractivity contribution < 1.29 is 0 Å². The second kappa shape index (κ2) is 5.79. The van der Waals surface area contributed by atoms with E-state index in [1.807, 2.05) is 19.1 Å². The van der Waals surface area contributed by atoms with Crippen molar-refractivity contribution in [1.29, 1.82) is 0 Å². The summed E-state index contributed by atoms with van der Waals surface area (Å²) in [4.78, 5) is 0. The Hall–Kier alpha value is -0.400. The average molecular weight is 260 g/mol. The predicted molar refractivity (Wildman–Crippen MR) is 73.7 cm³/mol. The first-order valence-corrected chi connectivity index (χ1v) is 6.38. The molecule has 1 atom stereocenters. The van der Waals surface area contributed by atoms with Gasteiger partial charge in [-0.2, -0.15) is 0 Å². The second-order valence-electron chi connectivity index (χ2n) is 4.76. The van der Waals surface area contributed by atoms with Crippen LogP contribution < -0.4 is 5.32 Å². The van der Waals surface area contributed by atoms with Crippen molar-refractivity contribution in [2.75, 3.05) is 5.32 Å². The summed E-state index contributed by atoms with van der Waals surface area (Å²) in [7, 11) is 0. The minimum atomic E-state index is 0.399. The Labute approximate surface area is 108 Å². The maximum atomic E-state index is 6.16. The van der Waals surface area contributed by atoms with Crippen LogP contribution in [0.4, 0.5) is 5.69 Å². The van der Waals surface area contributed by atoms with Crippen molar-refractivity contribution in [2.45, 2.75) is 40.2 Å². The molecular weight excluding hydrogens is 241 g/mol. The Morgan fingerprint density at radius 2 is 1.75 bits per heavy atom. The molecule has 0 aromatic heterocycles. The minimum Gasteiger partial charge on any atom is -0.381 e. The molecule has 0 aliphatic rings. The molecule has 3 heteroatoms. The first kappa shape index (κ1) is 13.7. The number of anilines is 1. The lowest BCUT2D eigenvalue weighted by Crippen LogP contribution is -2.17. The highest BCUT2D eigenvalue weighted by atomic mass is 35.5. The van der Waals surface area contributed by atoms with Gasteiger partial charge in [-0.05, 0) is 43.9 Å². The number of halogens is 2. The fourth-order valence-electron chi connectivity index (χ4n) is 1.79. The molecule has 0 spiro atoms. The molecule has 1 nitrogen and oxygen atoms in total. The summed E-state index contributed by atoms with van der Waals surface area (Å²) >= 11 is 12.2. The van der Waals surface area contributed by atoms with Gasteiger partial charge in [0.15, 0.2) is 0 Å². The SMILES string of the molecule is Cc1cc(Cl)c(NC(C)CC(C)C)cc1Cl. The first-order valence-electron chi connectivity index (χ1n) is 5.62. The Bertz CT molecular complexity index is 361. The summed E-state index contributed by atoms with van der Waals surface area (Å²) in [5.74, 6) is 0.669. The molecule has 0 amide bonds. The van der Waals surface area contributed by atoms with Crippen molar-refractivity contribution in [1.82, 2.24) is 0 Å². The Morgan fingerprint density at radius 1 is 1.12 bits per heavy atom. The maximum Gasteiger partial charge on any atom is 0.0641 e. The molecule has 1 N–H and O–H groups in total. The molecule has 1 aromatic rings. The molecular formula is C13H19Cl2N. The lowest BCUT2D eigenvalue weighted by Gasteiger charge is -2.18. The lowest BCUT2D eigenvalue weighted by atomic mass is 10.0. The first-order chi connectivity index (χ1) is 7.40. The van der Waals surface area contributed by atoms with Crippen LogP contribution in [0.2, 0.25) is 10.0 Å². The minimum absolute atomic E-state index is 0.399. The smallest absolute Gasteiger partial charge is 0.0641 e. The van der Waals surface area contributed by atoms with E-state index in [0.717, 1.165) is 27.7 Å². The molecule has 1 unspecified atom stereocenters. The van der Waals surface area contributed by atoms with Crippen molar-refractivity contribution in [3.8, 4) is 0 Å². The van der Waals surface area contributed by atoms with Crippen LogP contribution in [0, 0.1) is 12.8 Å². The van der Waals surface area contributed by atoms with Crippen LogP contribution in [-0.2, 0) is 0 Å². The topological polar surface area (TPSA) is 12.0 Å². The van der Waals surface area contributed by atoms with Crippen LogP contribution in [-0.4, -0.2) is 6.04 Å². The standard InChI is InChI=1S/C13H19Cl2N/c1-8(2)5-10(4)16-13-7-11(14)9(3)6-12(13)15/h6-8,10,16H,5H2,1-4H3. The molecule has 0 fully saturated rings. The summed E-state index contributed by atoms with van der Waals surface area (Å²) in [6.45, 7) is 8.53. The van der Waals surface area contributed by atoms with Gasteiger partial charge in [-0.25, -0.2) is 0 Å². The van der Waals surface area contributed by atoms with Gasteiger partial charge in [-0.1, -0.05) is 37.0 Å². The van der Waals surface area contributed by atoms with Crippen LogP contribution in [0.1, 0.15) is 32.8 Å². The molecule has 0 saturated heterocycles. The number of hydrogen-bond donors (Lipinski definition) is 1.